The highest BCUT2D eigenvalue weighted by Crippen LogP contribution is 2.35. The second-order valence-electron chi connectivity index (χ2n) is 5.19. The average Bonchev–Trinajstić information content (AvgIpc) is 2.57. The standard InChI is InChI=1S/C19H16BrNO3/c1-2-24-17-11-14(20)10-13(19(17)23)7-9-15-8-6-12-4-3-5-16(22)18(12)21-15/h3-11,22-23H,2H2,1H3. The minimum absolute atomic E-state index is 0.0833. The summed E-state index contributed by atoms with van der Waals surface area (Å²) in [7, 11) is 0. The summed E-state index contributed by atoms with van der Waals surface area (Å²) < 4.78 is 6.23. The third-order valence-corrected chi connectivity index (χ3v) is 3.98. The van der Waals surface area contributed by atoms with Crippen molar-refractivity contribution in [3.63, 3.8) is 0 Å². The summed E-state index contributed by atoms with van der Waals surface area (Å²) >= 11 is 3.41. The molecular weight excluding hydrogens is 370 g/mol. The molecule has 0 amide bonds. The first-order chi connectivity index (χ1) is 11.6. The molecule has 24 heavy (non-hydrogen) atoms. The molecule has 0 spiro atoms. The van der Waals surface area contributed by atoms with Gasteiger partial charge in [-0.15, -0.1) is 0 Å². The number of aromatic hydroxyl groups is 2. The highest BCUT2D eigenvalue weighted by atomic mass is 79.9. The van der Waals surface area contributed by atoms with Gasteiger partial charge >= 0.3 is 0 Å². The van der Waals surface area contributed by atoms with Crippen LogP contribution in [0.4, 0.5) is 0 Å². The van der Waals surface area contributed by atoms with Crippen molar-refractivity contribution in [2.45, 2.75) is 6.92 Å². The molecule has 0 radical (unpaired) electrons. The second-order valence-corrected chi connectivity index (χ2v) is 6.11. The van der Waals surface area contributed by atoms with Crippen molar-refractivity contribution in [2.75, 3.05) is 6.61 Å². The first kappa shape index (κ1) is 16.3. The predicted octanol–water partition coefficient (Wildman–Crippen LogP) is 4.98. The van der Waals surface area contributed by atoms with Crippen LogP contribution < -0.4 is 4.74 Å². The van der Waals surface area contributed by atoms with Gasteiger partial charge in [0, 0.05) is 15.4 Å². The lowest BCUT2D eigenvalue weighted by Crippen LogP contribution is -1.93. The molecule has 3 aromatic rings. The largest absolute Gasteiger partial charge is 0.506 e. The minimum atomic E-state index is 0.0833. The molecule has 2 N–H and O–H groups in total. The topological polar surface area (TPSA) is 62.6 Å². The maximum absolute atomic E-state index is 10.3. The number of fused-ring (bicyclic) bond motifs is 1. The molecule has 0 saturated heterocycles. The molecule has 0 fully saturated rings. The number of aromatic nitrogens is 1. The molecule has 0 bridgehead atoms. The van der Waals surface area contributed by atoms with Crippen molar-refractivity contribution >= 4 is 39.0 Å². The van der Waals surface area contributed by atoms with E-state index in [0.29, 0.717) is 29.1 Å². The van der Waals surface area contributed by atoms with E-state index in [2.05, 4.69) is 20.9 Å². The van der Waals surface area contributed by atoms with Crippen LogP contribution in [0.2, 0.25) is 0 Å². The molecule has 0 aliphatic carbocycles. The van der Waals surface area contributed by atoms with Crippen LogP contribution in [-0.4, -0.2) is 21.8 Å². The van der Waals surface area contributed by atoms with Gasteiger partial charge in [0.25, 0.3) is 0 Å². The number of pyridine rings is 1. The normalized spacial score (nSPS) is 11.2. The lowest BCUT2D eigenvalue weighted by molar-refractivity contribution is 0.317. The van der Waals surface area contributed by atoms with Gasteiger partial charge in [-0.25, -0.2) is 4.98 Å². The molecule has 0 atom stereocenters. The number of benzene rings is 2. The first-order valence-corrected chi connectivity index (χ1v) is 8.30. The average molecular weight is 386 g/mol. The highest BCUT2D eigenvalue weighted by Gasteiger charge is 2.08. The Morgan fingerprint density at radius 2 is 1.96 bits per heavy atom. The quantitative estimate of drug-likeness (QED) is 0.664. The Morgan fingerprint density at radius 3 is 2.75 bits per heavy atom. The summed E-state index contributed by atoms with van der Waals surface area (Å²) in [6.07, 6.45) is 3.54. The van der Waals surface area contributed by atoms with E-state index in [1.165, 1.54) is 0 Å². The molecule has 4 nitrogen and oxygen atoms in total. The summed E-state index contributed by atoms with van der Waals surface area (Å²) in [4.78, 5) is 4.44. The number of nitrogens with zero attached hydrogens (tertiary/aromatic N) is 1. The van der Waals surface area contributed by atoms with Crippen LogP contribution in [0.5, 0.6) is 17.2 Å². The molecule has 0 aliphatic rings. The molecule has 0 unspecified atom stereocenters. The van der Waals surface area contributed by atoms with Crippen molar-refractivity contribution in [2.24, 2.45) is 0 Å². The summed E-state index contributed by atoms with van der Waals surface area (Å²) in [5.74, 6) is 0.655. The Bertz CT molecular complexity index is 922. The first-order valence-electron chi connectivity index (χ1n) is 7.50. The number of halogens is 1. The summed E-state index contributed by atoms with van der Waals surface area (Å²) in [5, 5.41) is 21.1. The molecule has 1 aromatic heterocycles. The number of phenols is 2. The van der Waals surface area contributed by atoms with Crippen molar-refractivity contribution in [1.82, 2.24) is 4.98 Å². The fourth-order valence-electron chi connectivity index (χ4n) is 2.40. The van der Waals surface area contributed by atoms with Crippen LogP contribution in [0.1, 0.15) is 18.2 Å². The maximum atomic E-state index is 10.3. The number of rotatable bonds is 4. The molecule has 0 saturated carbocycles. The Kier molecular flexibility index (Phi) is 4.71. The van der Waals surface area contributed by atoms with E-state index < -0.39 is 0 Å². The summed E-state index contributed by atoms with van der Waals surface area (Å²) in [6, 6.07) is 12.6. The highest BCUT2D eigenvalue weighted by molar-refractivity contribution is 9.10. The van der Waals surface area contributed by atoms with Crippen molar-refractivity contribution in [3.8, 4) is 17.2 Å². The SMILES string of the molecule is CCOc1cc(Br)cc(C=Cc2ccc3cccc(O)c3n2)c1O. The van der Waals surface area contributed by atoms with Crippen molar-refractivity contribution in [1.29, 1.82) is 0 Å². The second kappa shape index (κ2) is 6.93. The monoisotopic (exact) mass is 385 g/mol. The fraction of sp³-hybridized carbons (Fsp3) is 0.105. The number of phenolic OH excluding ortho intramolecular Hbond substituents is 2. The molecule has 2 aromatic carbocycles. The van der Waals surface area contributed by atoms with Gasteiger partial charge in [-0.3, -0.25) is 0 Å². The van der Waals surface area contributed by atoms with Gasteiger partial charge in [0.15, 0.2) is 11.5 Å². The van der Waals surface area contributed by atoms with Crippen LogP contribution >= 0.6 is 15.9 Å². The Hall–Kier alpha value is -2.53. The van der Waals surface area contributed by atoms with E-state index in [4.69, 9.17) is 4.74 Å². The number of para-hydroxylation sites is 1. The Balaban J connectivity index is 1.98. The van der Waals surface area contributed by atoms with Crippen molar-refractivity contribution < 1.29 is 14.9 Å². The minimum Gasteiger partial charge on any atom is -0.506 e. The van der Waals surface area contributed by atoms with E-state index in [1.54, 1.807) is 36.4 Å². The maximum Gasteiger partial charge on any atom is 0.165 e. The van der Waals surface area contributed by atoms with Gasteiger partial charge in [-0.2, -0.15) is 0 Å². The van der Waals surface area contributed by atoms with Crippen LogP contribution in [0.3, 0.4) is 0 Å². The summed E-state index contributed by atoms with van der Waals surface area (Å²) in [5.41, 5.74) is 1.85. The van der Waals surface area contributed by atoms with Gasteiger partial charge in [-0.1, -0.05) is 34.1 Å². The zero-order valence-corrected chi connectivity index (χ0v) is 14.6. The molecule has 5 heteroatoms. The van der Waals surface area contributed by atoms with Gasteiger partial charge < -0.3 is 14.9 Å². The number of ether oxygens (including phenoxy) is 1. The Morgan fingerprint density at radius 1 is 1.12 bits per heavy atom. The number of hydrogen-bond donors (Lipinski definition) is 2. The lowest BCUT2D eigenvalue weighted by atomic mass is 10.1. The molecule has 1 heterocycles. The van der Waals surface area contributed by atoms with E-state index in [-0.39, 0.29) is 11.5 Å². The van der Waals surface area contributed by atoms with E-state index >= 15 is 0 Å². The number of hydrogen-bond acceptors (Lipinski definition) is 4. The van der Waals surface area contributed by atoms with Gasteiger partial charge in [0.05, 0.1) is 12.3 Å². The van der Waals surface area contributed by atoms with Gasteiger partial charge in [0.1, 0.15) is 11.3 Å². The summed E-state index contributed by atoms with van der Waals surface area (Å²) in [6.45, 7) is 2.33. The molecule has 3 rings (SSSR count). The molecule has 122 valence electrons. The van der Waals surface area contributed by atoms with Crippen LogP contribution in [0.15, 0.2) is 46.9 Å². The molecule has 0 aliphatic heterocycles. The lowest BCUT2D eigenvalue weighted by Gasteiger charge is -2.09. The fourth-order valence-corrected chi connectivity index (χ4v) is 2.86. The van der Waals surface area contributed by atoms with Crippen LogP contribution in [-0.2, 0) is 0 Å². The predicted molar refractivity (Wildman–Crippen MR) is 99.3 cm³/mol. The van der Waals surface area contributed by atoms with E-state index in [0.717, 1.165) is 9.86 Å². The van der Waals surface area contributed by atoms with E-state index in [9.17, 15) is 10.2 Å². The molecular formula is C19H16BrNO3. The van der Waals surface area contributed by atoms with E-state index in [1.807, 2.05) is 25.1 Å². The third kappa shape index (κ3) is 3.36. The van der Waals surface area contributed by atoms with Crippen molar-refractivity contribution in [3.05, 3.63) is 58.2 Å². The van der Waals surface area contributed by atoms with Gasteiger partial charge in [0.2, 0.25) is 0 Å². The van der Waals surface area contributed by atoms with Crippen LogP contribution in [0, 0.1) is 0 Å². The zero-order chi connectivity index (χ0) is 17.1. The third-order valence-electron chi connectivity index (χ3n) is 3.52. The van der Waals surface area contributed by atoms with Crippen LogP contribution in [0.25, 0.3) is 23.1 Å². The Labute approximate surface area is 148 Å². The smallest absolute Gasteiger partial charge is 0.165 e. The zero-order valence-electron chi connectivity index (χ0n) is 13.0. The van der Waals surface area contributed by atoms with Gasteiger partial charge in [-0.05, 0) is 43.3 Å².